The number of hydrogen-bond acceptors (Lipinski definition) is 4. The van der Waals surface area contributed by atoms with E-state index in [0.717, 1.165) is 32.7 Å². The lowest BCUT2D eigenvalue weighted by atomic mass is 10.3. The van der Waals surface area contributed by atoms with Crippen LogP contribution in [0.1, 0.15) is 5.69 Å². The smallest absolute Gasteiger partial charge is 0.0555 e. The standard InChI is InChI=1S/C11H19N5/c1-13-4-6-14(7-5-13)15-8-9-16-11(10-15)2-3-12-16/h2-3H,4-10H2,1H3. The third-order valence-corrected chi connectivity index (χ3v) is 3.60. The minimum absolute atomic E-state index is 1.02. The average molecular weight is 221 g/mol. The van der Waals surface area contributed by atoms with E-state index in [0.29, 0.717) is 0 Å². The number of aromatic nitrogens is 2. The Hall–Kier alpha value is -0.910. The molecule has 0 aliphatic carbocycles. The molecule has 1 aromatic rings. The summed E-state index contributed by atoms with van der Waals surface area (Å²) < 4.78 is 2.12. The normalized spacial score (nSPS) is 24.6. The van der Waals surface area contributed by atoms with Gasteiger partial charge in [-0.2, -0.15) is 5.10 Å². The highest BCUT2D eigenvalue weighted by Crippen LogP contribution is 2.14. The van der Waals surface area contributed by atoms with Gasteiger partial charge in [-0.3, -0.25) is 4.68 Å². The summed E-state index contributed by atoms with van der Waals surface area (Å²) in [6.07, 6.45) is 1.91. The zero-order chi connectivity index (χ0) is 11.0. The van der Waals surface area contributed by atoms with Gasteiger partial charge in [0.15, 0.2) is 0 Å². The molecule has 16 heavy (non-hydrogen) atoms. The van der Waals surface area contributed by atoms with Crippen molar-refractivity contribution in [3.8, 4) is 0 Å². The molecule has 0 bridgehead atoms. The Bertz CT molecular complexity index is 353. The van der Waals surface area contributed by atoms with Crippen LogP contribution in [0.15, 0.2) is 12.3 Å². The van der Waals surface area contributed by atoms with Gasteiger partial charge in [-0.15, -0.1) is 0 Å². The van der Waals surface area contributed by atoms with Crippen LogP contribution >= 0.6 is 0 Å². The predicted molar refractivity (Wildman–Crippen MR) is 61.7 cm³/mol. The van der Waals surface area contributed by atoms with Gasteiger partial charge in [-0.25, -0.2) is 10.0 Å². The number of rotatable bonds is 1. The minimum Gasteiger partial charge on any atom is -0.304 e. The summed E-state index contributed by atoms with van der Waals surface area (Å²) in [7, 11) is 2.20. The second-order valence-electron chi connectivity index (χ2n) is 4.69. The van der Waals surface area contributed by atoms with Crippen molar-refractivity contribution in [1.82, 2.24) is 24.7 Å². The van der Waals surface area contributed by atoms with Crippen molar-refractivity contribution >= 4 is 0 Å². The Labute approximate surface area is 96.2 Å². The van der Waals surface area contributed by atoms with Gasteiger partial charge in [-0.05, 0) is 13.1 Å². The van der Waals surface area contributed by atoms with Crippen LogP contribution < -0.4 is 0 Å². The SMILES string of the molecule is CN1CCN(N2CCn3nccc3C2)CC1. The van der Waals surface area contributed by atoms with Gasteiger partial charge in [0.2, 0.25) is 0 Å². The van der Waals surface area contributed by atoms with Crippen molar-refractivity contribution < 1.29 is 0 Å². The van der Waals surface area contributed by atoms with E-state index in [-0.39, 0.29) is 0 Å². The van der Waals surface area contributed by atoms with E-state index in [4.69, 9.17) is 0 Å². The number of likely N-dealkylation sites (N-methyl/N-ethyl adjacent to an activating group) is 1. The fourth-order valence-electron chi connectivity index (χ4n) is 2.49. The molecule has 1 aromatic heterocycles. The van der Waals surface area contributed by atoms with E-state index in [9.17, 15) is 0 Å². The van der Waals surface area contributed by atoms with Gasteiger partial charge in [0.25, 0.3) is 0 Å². The van der Waals surface area contributed by atoms with Gasteiger partial charge in [0, 0.05) is 38.9 Å². The lowest BCUT2D eigenvalue weighted by Gasteiger charge is -2.41. The summed E-state index contributed by atoms with van der Waals surface area (Å²) in [6.45, 7) is 7.80. The minimum atomic E-state index is 1.02. The topological polar surface area (TPSA) is 27.5 Å². The van der Waals surface area contributed by atoms with Crippen LogP contribution in [0.2, 0.25) is 0 Å². The summed E-state index contributed by atoms with van der Waals surface area (Å²) in [5, 5.41) is 9.28. The molecule has 5 heteroatoms. The van der Waals surface area contributed by atoms with Crippen LogP contribution in [0.3, 0.4) is 0 Å². The van der Waals surface area contributed by atoms with Crippen molar-refractivity contribution in [2.75, 3.05) is 39.8 Å². The van der Waals surface area contributed by atoms with E-state index in [1.807, 2.05) is 6.20 Å². The monoisotopic (exact) mass is 221 g/mol. The van der Waals surface area contributed by atoms with Crippen LogP contribution in [-0.4, -0.2) is 64.5 Å². The lowest BCUT2D eigenvalue weighted by Crippen LogP contribution is -2.54. The van der Waals surface area contributed by atoms with Crippen molar-refractivity contribution in [3.63, 3.8) is 0 Å². The third-order valence-electron chi connectivity index (χ3n) is 3.60. The van der Waals surface area contributed by atoms with Gasteiger partial charge in [0.1, 0.15) is 0 Å². The van der Waals surface area contributed by atoms with Gasteiger partial charge in [-0.1, -0.05) is 0 Å². The first kappa shape index (κ1) is 10.3. The highest BCUT2D eigenvalue weighted by molar-refractivity contribution is 5.02. The molecule has 3 rings (SSSR count). The highest BCUT2D eigenvalue weighted by atomic mass is 15.6. The molecule has 0 saturated carbocycles. The first-order valence-electron chi connectivity index (χ1n) is 6.02. The van der Waals surface area contributed by atoms with Crippen molar-refractivity contribution in [1.29, 1.82) is 0 Å². The highest BCUT2D eigenvalue weighted by Gasteiger charge is 2.24. The van der Waals surface area contributed by atoms with Crippen LogP contribution in [0, 0.1) is 0 Å². The maximum absolute atomic E-state index is 4.31. The van der Waals surface area contributed by atoms with E-state index >= 15 is 0 Å². The number of fused-ring (bicyclic) bond motifs is 1. The van der Waals surface area contributed by atoms with E-state index in [1.54, 1.807) is 0 Å². The Balaban J connectivity index is 1.65. The van der Waals surface area contributed by atoms with E-state index in [2.05, 4.69) is 37.8 Å². The maximum atomic E-state index is 4.31. The fourth-order valence-corrected chi connectivity index (χ4v) is 2.49. The first-order valence-corrected chi connectivity index (χ1v) is 6.02. The molecule has 1 fully saturated rings. The molecular weight excluding hydrogens is 202 g/mol. The molecule has 2 aliphatic rings. The number of nitrogens with zero attached hydrogens (tertiary/aromatic N) is 5. The van der Waals surface area contributed by atoms with Crippen LogP contribution in [0.25, 0.3) is 0 Å². The Morgan fingerprint density at radius 3 is 2.56 bits per heavy atom. The summed E-state index contributed by atoms with van der Waals surface area (Å²) in [6, 6.07) is 2.13. The van der Waals surface area contributed by atoms with Crippen molar-refractivity contribution in [2.45, 2.75) is 13.1 Å². The van der Waals surface area contributed by atoms with Gasteiger partial charge >= 0.3 is 0 Å². The molecule has 0 amide bonds. The summed E-state index contributed by atoms with van der Waals surface area (Å²) in [4.78, 5) is 2.39. The number of hydrogen-bond donors (Lipinski definition) is 0. The Morgan fingerprint density at radius 2 is 1.75 bits per heavy atom. The molecule has 0 radical (unpaired) electrons. The Morgan fingerprint density at radius 1 is 1.00 bits per heavy atom. The number of piperazine rings is 1. The van der Waals surface area contributed by atoms with Crippen LogP contribution in [0.4, 0.5) is 0 Å². The van der Waals surface area contributed by atoms with Crippen LogP contribution in [-0.2, 0) is 13.1 Å². The first-order chi connectivity index (χ1) is 7.83. The molecule has 0 spiro atoms. The summed E-state index contributed by atoms with van der Waals surface area (Å²) >= 11 is 0. The quantitative estimate of drug-likeness (QED) is 0.660. The molecule has 0 unspecified atom stereocenters. The van der Waals surface area contributed by atoms with E-state index in [1.165, 1.54) is 18.8 Å². The molecule has 0 atom stereocenters. The average Bonchev–Trinajstić information content (AvgIpc) is 2.77. The number of hydrazine groups is 1. The molecule has 2 aliphatic heterocycles. The third kappa shape index (κ3) is 1.86. The summed E-state index contributed by atoms with van der Waals surface area (Å²) in [5.41, 5.74) is 1.34. The summed E-state index contributed by atoms with van der Waals surface area (Å²) in [5.74, 6) is 0. The largest absolute Gasteiger partial charge is 0.304 e. The fraction of sp³-hybridized carbons (Fsp3) is 0.727. The van der Waals surface area contributed by atoms with Gasteiger partial charge < -0.3 is 4.90 Å². The van der Waals surface area contributed by atoms with Crippen molar-refractivity contribution in [3.05, 3.63) is 18.0 Å². The molecule has 88 valence electrons. The molecule has 1 saturated heterocycles. The molecular formula is C11H19N5. The van der Waals surface area contributed by atoms with Crippen LogP contribution in [0.5, 0.6) is 0 Å². The molecule has 0 aromatic carbocycles. The van der Waals surface area contributed by atoms with Gasteiger partial charge in [0.05, 0.1) is 18.8 Å². The maximum Gasteiger partial charge on any atom is 0.0555 e. The molecule has 5 nitrogen and oxygen atoms in total. The zero-order valence-electron chi connectivity index (χ0n) is 9.84. The Kier molecular flexibility index (Phi) is 2.67. The molecule has 3 heterocycles. The second-order valence-corrected chi connectivity index (χ2v) is 4.69. The zero-order valence-corrected chi connectivity index (χ0v) is 9.84. The predicted octanol–water partition coefficient (Wildman–Crippen LogP) is -0.139. The second kappa shape index (κ2) is 4.16. The molecule has 0 N–H and O–H groups in total. The lowest BCUT2D eigenvalue weighted by molar-refractivity contribution is -0.0721. The van der Waals surface area contributed by atoms with E-state index < -0.39 is 0 Å². The van der Waals surface area contributed by atoms with Crippen molar-refractivity contribution in [2.24, 2.45) is 0 Å².